The minimum absolute atomic E-state index is 0.0265. The molecule has 0 saturated carbocycles. The van der Waals surface area contributed by atoms with Gasteiger partial charge in [-0.05, 0) is 57.9 Å². The highest BCUT2D eigenvalue weighted by molar-refractivity contribution is 6.17. The number of phenolic OH excluding ortho intramolecular Hbond substituents is 2. The fourth-order valence-electron chi connectivity index (χ4n) is 5.33. The molecular weight excluding hydrogens is 328 g/mol. The van der Waals surface area contributed by atoms with Crippen LogP contribution in [0.5, 0.6) is 11.5 Å². The zero-order chi connectivity index (χ0) is 18.9. The van der Waals surface area contributed by atoms with Gasteiger partial charge in [0.15, 0.2) is 11.6 Å². The third kappa shape index (κ3) is 1.74. The van der Waals surface area contributed by atoms with Gasteiger partial charge in [-0.25, -0.2) is 0 Å². The van der Waals surface area contributed by atoms with Gasteiger partial charge >= 0.3 is 0 Å². The van der Waals surface area contributed by atoms with E-state index in [1.165, 1.54) is 24.3 Å². The standard InChI is InChI=1S/C22H22O4/c1-12(2)8-9-21-14-10-13(3)11-22(21,18(26)7-6-17(21)25)20-16(24)5-4-15(23)19(14)20/h4-8,10,14,23-24H,9,11H2,1-3H3/t14-,21-,22-/m0/s1. The molecule has 3 aliphatic carbocycles. The molecule has 0 aromatic heterocycles. The molecule has 0 heterocycles. The first-order valence-corrected chi connectivity index (χ1v) is 8.88. The van der Waals surface area contributed by atoms with Crippen molar-refractivity contribution in [3.05, 3.63) is 58.7 Å². The number of carbonyl (C=O) groups is 2. The molecule has 0 saturated heterocycles. The van der Waals surface area contributed by atoms with Crippen molar-refractivity contribution in [2.45, 2.75) is 44.9 Å². The van der Waals surface area contributed by atoms with Crippen LogP contribution in [0.3, 0.4) is 0 Å². The second-order valence-electron chi connectivity index (χ2n) is 7.98. The first-order chi connectivity index (χ1) is 12.3. The number of aromatic hydroxyl groups is 2. The summed E-state index contributed by atoms with van der Waals surface area (Å²) in [6.07, 6.45) is 7.47. The highest BCUT2D eigenvalue weighted by Gasteiger charge is 2.71. The van der Waals surface area contributed by atoms with E-state index in [0.29, 0.717) is 24.0 Å². The highest BCUT2D eigenvalue weighted by Crippen LogP contribution is 2.71. The first-order valence-electron chi connectivity index (χ1n) is 8.88. The van der Waals surface area contributed by atoms with Crippen LogP contribution in [-0.2, 0) is 15.0 Å². The highest BCUT2D eigenvalue weighted by atomic mass is 16.3. The summed E-state index contributed by atoms with van der Waals surface area (Å²) < 4.78 is 0. The van der Waals surface area contributed by atoms with Crippen LogP contribution in [0, 0.1) is 5.41 Å². The van der Waals surface area contributed by atoms with Crippen LogP contribution in [0.1, 0.15) is 50.7 Å². The SMILES string of the molecule is CC(C)=CC[C@]12C(=O)C=CC(=O)[C@]13CC(C)=C[C@H]2c1c(O)ccc(O)c13. The Kier molecular flexibility index (Phi) is 3.36. The Balaban J connectivity index is 2.15. The number of benzene rings is 1. The minimum atomic E-state index is -1.16. The van der Waals surface area contributed by atoms with Gasteiger partial charge in [-0.15, -0.1) is 0 Å². The molecule has 0 unspecified atom stereocenters. The zero-order valence-corrected chi connectivity index (χ0v) is 15.2. The Hall–Kier alpha value is -2.62. The van der Waals surface area contributed by atoms with E-state index in [2.05, 4.69) is 0 Å². The second-order valence-corrected chi connectivity index (χ2v) is 7.98. The summed E-state index contributed by atoms with van der Waals surface area (Å²) >= 11 is 0. The molecule has 4 nitrogen and oxygen atoms in total. The van der Waals surface area contributed by atoms with Crippen molar-refractivity contribution in [3.63, 3.8) is 0 Å². The van der Waals surface area contributed by atoms with Crippen LogP contribution in [0.25, 0.3) is 0 Å². The van der Waals surface area contributed by atoms with Crippen LogP contribution in [0.15, 0.2) is 47.6 Å². The maximum absolute atomic E-state index is 13.3. The summed E-state index contributed by atoms with van der Waals surface area (Å²) in [6.45, 7) is 5.86. The lowest BCUT2D eigenvalue weighted by Crippen LogP contribution is -2.57. The summed E-state index contributed by atoms with van der Waals surface area (Å²) in [5.74, 6) is -0.716. The van der Waals surface area contributed by atoms with Crippen molar-refractivity contribution < 1.29 is 19.8 Å². The third-order valence-electron chi connectivity index (χ3n) is 6.30. The van der Waals surface area contributed by atoms with Gasteiger partial charge in [-0.2, -0.15) is 0 Å². The van der Waals surface area contributed by atoms with Gasteiger partial charge in [-0.3, -0.25) is 9.59 Å². The number of allylic oxidation sites excluding steroid dienone is 6. The number of phenols is 2. The lowest BCUT2D eigenvalue weighted by atomic mass is 9.49. The van der Waals surface area contributed by atoms with E-state index in [4.69, 9.17) is 0 Å². The van der Waals surface area contributed by atoms with Gasteiger partial charge in [0.05, 0.1) is 10.8 Å². The monoisotopic (exact) mass is 350 g/mol. The molecule has 0 amide bonds. The molecule has 0 radical (unpaired) electrons. The normalized spacial score (nSPS) is 31.3. The minimum Gasteiger partial charge on any atom is -0.508 e. The number of hydrogen-bond acceptors (Lipinski definition) is 4. The number of rotatable bonds is 2. The number of ketones is 2. The summed E-state index contributed by atoms with van der Waals surface area (Å²) in [6, 6.07) is 2.86. The molecule has 1 aromatic carbocycles. The second kappa shape index (κ2) is 5.19. The fourth-order valence-corrected chi connectivity index (χ4v) is 5.33. The van der Waals surface area contributed by atoms with Crippen LogP contribution in [-0.4, -0.2) is 21.8 Å². The molecule has 4 heteroatoms. The van der Waals surface area contributed by atoms with Crippen LogP contribution in [0.2, 0.25) is 0 Å². The van der Waals surface area contributed by atoms with Crippen molar-refractivity contribution >= 4 is 11.6 Å². The zero-order valence-electron chi connectivity index (χ0n) is 15.2. The predicted molar refractivity (Wildman–Crippen MR) is 98.2 cm³/mol. The Morgan fingerprint density at radius 3 is 2.50 bits per heavy atom. The van der Waals surface area contributed by atoms with Crippen molar-refractivity contribution in [2.75, 3.05) is 0 Å². The molecule has 3 aliphatic rings. The van der Waals surface area contributed by atoms with Gasteiger partial charge in [0.2, 0.25) is 0 Å². The molecule has 0 aliphatic heterocycles. The van der Waals surface area contributed by atoms with E-state index in [-0.39, 0.29) is 23.1 Å². The molecule has 26 heavy (non-hydrogen) atoms. The first kappa shape index (κ1) is 16.8. The average Bonchev–Trinajstić information content (AvgIpc) is 2.73. The maximum atomic E-state index is 13.3. The lowest BCUT2D eigenvalue weighted by Gasteiger charge is -2.50. The van der Waals surface area contributed by atoms with Crippen molar-refractivity contribution in [2.24, 2.45) is 5.41 Å². The number of carbonyl (C=O) groups excluding carboxylic acids is 2. The molecule has 2 bridgehead atoms. The quantitative estimate of drug-likeness (QED) is 0.628. The predicted octanol–water partition coefficient (Wildman–Crippen LogP) is 3.83. The summed E-state index contributed by atoms with van der Waals surface area (Å²) in [5.41, 5.74) is 0.817. The third-order valence-corrected chi connectivity index (χ3v) is 6.30. The van der Waals surface area contributed by atoms with Crippen LogP contribution < -0.4 is 0 Å². The molecule has 1 aromatic rings. The maximum Gasteiger partial charge on any atom is 0.167 e. The smallest absolute Gasteiger partial charge is 0.167 e. The molecule has 134 valence electrons. The Bertz CT molecular complexity index is 945. The van der Waals surface area contributed by atoms with Gasteiger partial charge in [0, 0.05) is 17.0 Å². The molecule has 4 rings (SSSR count). The van der Waals surface area contributed by atoms with Crippen LogP contribution in [0.4, 0.5) is 0 Å². The Morgan fingerprint density at radius 1 is 1.15 bits per heavy atom. The summed E-state index contributed by atoms with van der Waals surface area (Å²) in [5, 5.41) is 21.3. The topological polar surface area (TPSA) is 74.6 Å². The van der Waals surface area contributed by atoms with E-state index in [1.807, 2.05) is 32.9 Å². The van der Waals surface area contributed by atoms with E-state index in [9.17, 15) is 19.8 Å². The summed E-state index contributed by atoms with van der Waals surface area (Å²) in [4.78, 5) is 26.6. The van der Waals surface area contributed by atoms with Gasteiger partial charge in [-0.1, -0.05) is 23.3 Å². The van der Waals surface area contributed by atoms with E-state index in [1.54, 1.807) is 0 Å². The van der Waals surface area contributed by atoms with E-state index >= 15 is 0 Å². The summed E-state index contributed by atoms with van der Waals surface area (Å²) in [7, 11) is 0. The molecule has 0 spiro atoms. The largest absolute Gasteiger partial charge is 0.508 e. The van der Waals surface area contributed by atoms with Crippen molar-refractivity contribution in [1.82, 2.24) is 0 Å². The molecule has 3 atom stereocenters. The molecular formula is C22H22O4. The van der Waals surface area contributed by atoms with Gasteiger partial charge in [0.1, 0.15) is 11.5 Å². The van der Waals surface area contributed by atoms with Crippen molar-refractivity contribution in [1.29, 1.82) is 0 Å². The van der Waals surface area contributed by atoms with Crippen molar-refractivity contribution in [3.8, 4) is 11.5 Å². The Morgan fingerprint density at radius 2 is 1.81 bits per heavy atom. The average molecular weight is 350 g/mol. The van der Waals surface area contributed by atoms with Gasteiger partial charge < -0.3 is 10.2 Å². The van der Waals surface area contributed by atoms with E-state index in [0.717, 1.165) is 11.1 Å². The molecule has 2 N–H and O–H groups in total. The van der Waals surface area contributed by atoms with E-state index < -0.39 is 16.7 Å². The lowest BCUT2D eigenvalue weighted by molar-refractivity contribution is -0.139. The fraction of sp³-hybridized carbons (Fsp3) is 0.364. The van der Waals surface area contributed by atoms with Crippen LogP contribution >= 0.6 is 0 Å². The Labute approximate surface area is 152 Å². The molecule has 0 fully saturated rings. The number of hydrogen-bond donors (Lipinski definition) is 2. The van der Waals surface area contributed by atoms with Gasteiger partial charge in [0.25, 0.3) is 0 Å². The number of fused-ring (bicyclic) bond motifs is 2.